The first-order valence-electron chi connectivity index (χ1n) is 7.10. The highest BCUT2D eigenvalue weighted by molar-refractivity contribution is 8.01. The zero-order valence-electron chi connectivity index (χ0n) is 12.3. The third kappa shape index (κ3) is 3.27. The van der Waals surface area contributed by atoms with Gasteiger partial charge in [-0.3, -0.25) is 9.59 Å². The van der Waals surface area contributed by atoms with Gasteiger partial charge in [-0.2, -0.15) is 5.26 Å². The summed E-state index contributed by atoms with van der Waals surface area (Å²) >= 11 is 1.50. The van der Waals surface area contributed by atoms with Crippen molar-refractivity contribution < 1.29 is 9.59 Å². The lowest BCUT2D eigenvalue weighted by Crippen LogP contribution is -2.40. The second-order valence-corrected chi connectivity index (χ2v) is 6.35. The highest BCUT2D eigenvalue weighted by Crippen LogP contribution is 2.39. The number of hydrogen-bond acceptors (Lipinski definition) is 4. The van der Waals surface area contributed by atoms with Crippen molar-refractivity contribution in [3.63, 3.8) is 0 Å². The number of fused-ring (bicyclic) bond motifs is 1. The summed E-state index contributed by atoms with van der Waals surface area (Å²) in [5, 5.41) is 8.48. The van der Waals surface area contributed by atoms with Crippen LogP contribution in [0.2, 0.25) is 0 Å². The molecule has 1 aromatic rings. The summed E-state index contributed by atoms with van der Waals surface area (Å²) in [4.78, 5) is 26.8. The number of carbonyl (C=O) groups excluding carboxylic acids is 2. The lowest BCUT2D eigenvalue weighted by Gasteiger charge is -2.32. The maximum absolute atomic E-state index is 12.3. The van der Waals surface area contributed by atoms with E-state index in [0.29, 0.717) is 31.4 Å². The predicted octanol–water partition coefficient (Wildman–Crippen LogP) is 3.41. The molecule has 0 spiro atoms. The second-order valence-electron chi connectivity index (χ2n) is 4.97. The Hall–Kier alpha value is -1.80. The van der Waals surface area contributed by atoms with Gasteiger partial charge in [-0.25, -0.2) is 0 Å². The topological polar surface area (TPSA) is 61.2 Å². The van der Waals surface area contributed by atoms with E-state index in [4.69, 9.17) is 5.26 Å². The predicted molar refractivity (Wildman–Crippen MR) is 83.6 cm³/mol. The standard InChI is InChI=1S/C16H18N2O2S/c1-3-14(19)12-6-7-13-15(10-12)21-11(2)16(20)18(13)9-5-4-8-17/h6-7,10-11H,3-5,9H2,1-2H3. The van der Waals surface area contributed by atoms with Gasteiger partial charge in [-0.05, 0) is 31.5 Å². The number of nitriles is 1. The van der Waals surface area contributed by atoms with Crippen molar-refractivity contribution in [2.24, 2.45) is 0 Å². The molecule has 110 valence electrons. The van der Waals surface area contributed by atoms with E-state index >= 15 is 0 Å². The molecule has 5 heteroatoms. The minimum Gasteiger partial charge on any atom is -0.310 e. The molecule has 2 rings (SSSR count). The van der Waals surface area contributed by atoms with Gasteiger partial charge in [0.2, 0.25) is 5.91 Å². The van der Waals surface area contributed by atoms with E-state index < -0.39 is 0 Å². The Morgan fingerprint density at radius 1 is 1.48 bits per heavy atom. The number of rotatable bonds is 5. The zero-order chi connectivity index (χ0) is 15.4. The summed E-state index contributed by atoms with van der Waals surface area (Å²) in [6.45, 7) is 4.27. The molecule has 1 aliphatic rings. The minimum absolute atomic E-state index is 0.0695. The van der Waals surface area contributed by atoms with E-state index in [1.165, 1.54) is 11.8 Å². The smallest absolute Gasteiger partial charge is 0.240 e. The van der Waals surface area contributed by atoms with E-state index in [-0.39, 0.29) is 16.9 Å². The second kappa shape index (κ2) is 6.77. The Balaban J connectivity index is 2.32. The molecule has 21 heavy (non-hydrogen) atoms. The van der Waals surface area contributed by atoms with Crippen molar-refractivity contribution >= 4 is 29.1 Å². The quantitative estimate of drug-likeness (QED) is 0.617. The van der Waals surface area contributed by atoms with Gasteiger partial charge in [0, 0.05) is 29.8 Å². The summed E-state index contributed by atoms with van der Waals surface area (Å²) in [5.41, 5.74) is 1.55. The van der Waals surface area contributed by atoms with E-state index in [2.05, 4.69) is 6.07 Å². The molecule has 1 amide bonds. The lowest BCUT2D eigenvalue weighted by atomic mass is 10.1. The van der Waals surface area contributed by atoms with Crippen LogP contribution in [0.3, 0.4) is 0 Å². The fourth-order valence-electron chi connectivity index (χ4n) is 2.33. The highest BCUT2D eigenvalue weighted by Gasteiger charge is 2.30. The van der Waals surface area contributed by atoms with Gasteiger partial charge in [-0.15, -0.1) is 11.8 Å². The van der Waals surface area contributed by atoms with Crippen molar-refractivity contribution in [1.29, 1.82) is 5.26 Å². The molecule has 4 nitrogen and oxygen atoms in total. The van der Waals surface area contributed by atoms with Gasteiger partial charge in [0.05, 0.1) is 17.0 Å². The molecule has 1 aliphatic heterocycles. The van der Waals surface area contributed by atoms with Crippen LogP contribution in [0.1, 0.15) is 43.5 Å². The van der Waals surface area contributed by atoms with Crippen LogP contribution < -0.4 is 4.90 Å². The fourth-order valence-corrected chi connectivity index (χ4v) is 3.44. The van der Waals surface area contributed by atoms with Crippen LogP contribution in [0.25, 0.3) is 0 Å². The Labute approximate surface area is 129 Å². The number of benzene rings is 1. The third-order valence-corrected chi connectivity index (χ3v) is 4.62. The van der Waals surface area contributed by atoms with Crippen molar-refractivity contribution in [3.05, 3.63) is 23.8 Å². The summed E-state index contributed by atoms with van der Waals surface area (Å²) in [5.74, 6) is 0.180. The van der Waals surface area contributed by atoms with E-state index in [0.717, 1.165) is 10.6 Å². The molecular weight excluding hydrogens is 284 g/mol. The maximum atomic E-state index is 12.3. The summed E-state index contributed by atoms with van der Waals surface area (Å²) in [6.07, 6.45) is 1.57. The van der Waals surface area contributed by atoms with Gasteiger partial charge in [0.25, 0.3) is 0 Å². The molecule has 1 heterocycles. The molecule has 0 aliphatic carbocycles. The average molecular weight is 302 g/mol. The molecular formula is C16H18N2O2S. The van der Waals surface area contributed by atoms with Gasteiger partial charge in [0.1, 0.15) is 0 Å². The van der Waals surface area contributed by atoms with Crippen molar-refractivity contribution in [2.75, 3.05) is 11.4 Å². The molecule has 0 radical (unpaired) electrons. The van der Waals surface area contributed by atoms with Crippen LogP contribution in [-0.2, 0) is 4.79 Å². The minimum atomic E-state index is -0.161. The van der Waals surface area contributed by atoms with Crippen LogP contribution in [0.4, 0.5) is 5.69 Å². The van der Waals surface area contributed by atoms with Crippen LogP contribution in [0, 0.1) is 11.3 Å². The van der Waals surface area contributed by atoms with Gasteiger partial charge < -0.3 is 4.90 Å². The fraction of sp³-hybridized carbons (Fsp3) is 0.438. The summed E-state index contributed by atoms with van der Waals surface area (Å²) in [7, 11) is 0. The SMILES string of the molecule is CCC(=O)c1ccc2c(c1)SC(C)C(=O)N2CCCC#N. The van der Waals surface area contributed by atoms with Crippen molar-refractivity contribution in [1.82, 2.24) is 0 Å². The first-order valence-corrected chi connectivity index (χ1v) is 7.98. The summed E-state index contributed by atoms with van der Waals surface area (Å²) in [6, 6.07) is 7.61. The molecule has 1 aromatic carbocycles. The molecule has 1 atom stereocenters. The molecule has 0 aromatic heterocycles. The molecule has 0 bridgehead atoms. The van der Waals surface area contributed by atoms with Gasteiger partial charge >= 0.3 is 0 Å². The van der Waals surface area contributed by atoms with Gasteiger partial charge in [-0.1, -0.05) is 6.92 Å². The molecule has 0 fully saturated rings. The molecule has 0 saturated carbocycles. The number of amides is 1. The van der Waals surface area contributed by atoms with Crippen LogP contribution in [0.5, 0.6) is 0 Å². The Morgan fingerprint density at radius 3 is 2.90 bits per heavy atom. The summed E-state index contributed by atoms with van der Waals surface area (Å²) < 4.78 is 0. The number of anilines is 1. The lowest BCUT2D eigenvalue weighted by molar-refractivity contribution is -0.118. The largest absolute Gasteiger partial charge is 0.310 e. The normalized spacial score (nSPS) is 17.3. The van der Waals surface area contributed by atoms with Crippen LogP contribution in [0.15, 0.2) is 23.1 Å². The first-order chi connectivity index (χ1) is 10.1. The Kier molecular flexibility index (Phi) is 5.03. The van der Waals surface area contributed by atoms with Crippen molar-refractivity contribution in [2.45, 2.75) is 43.3 Å². The number of unbranched alkanes of at least 4 members (excludes halogenated alkanes) is 1. The average Bonchev–Trinajstić information content (AvgIpc) is 2.49. The van der Waals surface area contributed by atoms with Crippen LogP contribution in [-0.4, -0.2) is 23.5 Å². The maximum Gasteiger partial charge on any atom is 0.240 e. The van der Waals surface area contributed by atoms with E-state index in [1.807, 2.05) is 26.0 Å². The zero-order valence-corrected chi connectivity index (χ0v) is 13.1. The molecule has 0 saturated heterocycles. The number of ketones is 1. The number of thioether (sulfide) groups is 1. The Bertz CT molecular complexity index is 607. The number of Topliss-reactive ketones (excluding diaryl/α,β-unsaturated/α-hetero) is 1. The van der Waals surface area contributed by atoms with Crippen molar-refractivity contribution in [3.8, 4) is 6.07 Å². The number of hydrogen-bond donors (Lipinski definition) is 0. The first kappa shape index (κ1) is 15.6. The Morgan fingerprint density at radius 2 is 2.24 bits per heavy atom. The van der Waals surface area contributed by atoms with Crippen LogP contribution >= 0.6 is 11.8 Å². The van der Waals surface area contributed by atoms with Gasteiger partial charge in [0.15, 0.2) is 5.78 Å². The monoisotopic (exact) mass is 302 g/mol. The number of carbonyl (C=O) groups is 2. The third-order valence-electron chi connectivity index (χ3n) is 3.48. The molecule has 0 N–H and O–H groups in total. The number of nitrogens with zero attached hydrogens (tertiary/aromatic N) is 2. The molecule has 1 unspecified atom stereocenters. The van der Waals surface area contributed by atoms with E-state index in [1.54, 1.807) is 11.0 Å². The highest BCUT2D eigenvalue weighted by atomic mass is 32.2. The van der Waals surface area contributed by atoms with E-state index in [9.17, 15) is 9.59 Å².